The molecular weight excluding hydrogens is 376 g/mol. The largest absolute Gasteiger partial charge is 0.348 e. The zero-order valence-corrected chi connectivity index (χ0v) is 17.1. The van der Waals surface area contributed by atoms with Gasteiger partial charge in [0.2, 0.25) is 0 Å². The number of H-pyrrole nitrogens is 1. The summed E-state index contributed by atoms with van der Waals surface area (Å²) in [5.41, 5.74) is 5.69. The van der Waals surface area contributed by atoms with E-state index in [0.717, 1.165) is 58.6 Å². The number of nitrogens with one attached hydrogen (secondary N) is 2. The van der Waals surface area contributed by atoms with Crippen molar-refractivity contribution in [2.75, 3.05) is 18.4 Å². The molecule has 0 unspecified atom stereocenters. The zero-order chi connectivity index (χ0) is 19.0. The van der Waals surface area contributed by atoms with E-state index in [0.29, 0.717) is 5.92 Å². The van der Waals surface area contributed by atoms with Crippen molar-refractivity contribution in [2.45, 2.75) is 32.6 Å². The second kappa shape index (κ2) is 7.49. The monoisotopic (exact) mass is 398 g/mol. The van der Waals surface area contributed by atoms with E-state index in [9.17, 15) is 0 Å². The average Bonchev–Trinajstić information content (AvgIpc) is 3.07. The summed E-state index contributed by atoms with van der Waals surface area (Å²) < 4.78 is 0. The van der Waals surface area contributed by atoms with Gasteiger partial charge in [0.05, 0.1) is 11.0 Å². The molecule has 0 saturated carbocycles. The van der Waals surface area contributed by atoms with Crippen molar-refractivity contribution in [3.63, 3.8) is 0 Å². The third-order valence-electron chi connectivity index (χ3n) is 5.31. The number of rotatable bonds is 2. The molecule has 140 valence electrons. The standard InChI is InChI=1S/C21H23ClN4S/c1-13-10-18-19(11-14(13)2)25-20(24-18)15-4-3-9-26(12-15)21(27)23-17-7-5-16(22)6-8-17/h5-8,10-11,15H,3-4,9,12H2,1-2H3,(H,23,27)(H,24,25)/t15-/m1/s1. The Morgan fingerprint density at radius 1 is 1.22 bits per heavy atom. The van der Waals surface area contributed by atoms with Crippen LogP contribution < -0.4 is 5.32 Å². The highest BCUT2D eigenvalue weighted by Crippen LogP contribution is 2.28. The van der Waals surface area contributed by atoms with Gasteiger partial charge in [-0.2, -0.15) is 0 Å². The summed E-state index contributed by atoms with van der Waals surface area (Å²) in [6, 6.07) is 12.0. The maximum Gasteiger partial charge on any atom is 0.173 e. The number of hydrogen-bond donors (Lipinski definition) is 2. The fraction of sp³-hybridized carbons (Fsp3) is 0.333. The highest BCUT2D eigenvalue weighted by Gasteiger charge is 2.25. The van der Waals surface area contributed by atoms with Crippen LogP contribution in [0.25, 0.3) is 11.0 Å². The van der Waals surface area contributed by atoms with Gasteiger partial charge in [-0.15, -0.1) is 0 Å². The molecule has 3 aromatic rings. The molecule has 0 radical (unpaired) electrons. The van der Waals surface area contributed by atoms with Gasteiger partial charge in [0, 0.05) is 29.7 Å². The highest BCUT2D eigenvalue weighted by atomic mass is 35.5. The van der Waals surface area contributed by atoms with Crippen molar-refractivity contribution in [1.29, 1.82) is 0 Å². The molecule has 0 aliphatic carbocycles. The fourth-order valence-corrected chi connectivity index (χ4v) is 4.01. The van der Waals surface area contributed by atoms with Crippen LogP contribution in [0, 0.1) is 13.8 Å². The van der Waals surface area contributed by atoms with Crippen LogP contribution in [0.5, 0.6) is 0 Å². The minimum absolute atomic E-state index is 0.358. The topological polar surface area (TPSA) is 44.0 Å². The predicted molar refractivity (Wildman–Crippen MR) is 117 cm³/mol. The molecule has 1 aliphatic heterocycles. The first kappa shape index (κ1) is 18.3. The lowest BCUT2D eigenvalue weighted by atomic mass is 9.98. The fourth-order valence-electron chi connectivity index (χ4n) is 3.60. The van der Waals surface area contributed by atoms with Gasteiger partial charge in [0.15, 0.2) is 5.11 Å². The SMILES string of the molecule is Cc1cc2nc([C@@H]3CCCN(C(=S)Nc4ccc(Cl)cc4)C3)[nH]c2cc1C. The highest BCUT2D eigenvalue weighted by molar-refractivity contribution is 7.80. The second-order valence-electron chi connectivity index (χ2n) is 7.30. The van der Waals surface area contributed by atoms with E-state index in [-0.39, 0.29) is 0 Å². The molecule has 1 saturated heterocycles. The van der Waals surface area contributed by atoms with Gasteiger partial charge in [-0.1, -0.05) is 11.6 Å². The molecule has 1 aliphatic rings. The summed E-state index contributed by atoms with van der Waals surface area (Å²) in [5.74, 6) is 1.42. The van der Waals surface area contributed by atoms with Crippen molar-refractivity contribution in [3.05, 3.63) is 58.4 Å². The number of nitrogens with zero attached hydrogens (tertiary/aromatic N) is 2. The van der Waals surface area contributed by atoms with E-state index in [1.807, 2.05) is 24.3 Å². The number of imidazole rings is 1. The maximum absolute atomic E-state index is 5.96. The molecule has 2 heterocycles. The summed E-state index contributed by atoms with van der Waals surface area (Å²) in [5, 5.41) is 4.80. The molecule has 1 atom stereocenters. The Hall–Kier alpha value is -2.11. The van der Waals surface area contributed by atoms with Crippen LogP contribution >= 0.6 is 23.8 Å². The number of aromatic amines is 1. The summed E-state index contributed by atoms with van der Waals surface area (Å²) in [7, 11) is 0. The first-order valence-corrected chi connectivity index (χ1v) is 10.1. The summed E-state index contributed by atoms with van der Waals surface area (Å²) >= 11 is 11.6. The van der Waals surface area contributed by atoms with Gasteiger partial charge in [0.1, 0.15) is 5.82 Å². The minimum Gasteiger partial charge on any atom is -0.348 e. The lowest BCUT2D eigenvalue weighted by molar-refractivity contribution is 0.307. The number of benzene rings is 2. The number of piperidine rings is 1. The Balaban J connectivity index is 1.49. The van der Waals surface area contributed by atoms with Gasteiger partial charge >= 0.3 is 0 Å². The Kier molecular flexibility index (Phi) is 5.06. The Labute approximate surface area is 169 Å². The summed E-state index contributed by atoms with van der Waals surface area (Å²) in [6.07, 6.45) is 2.22. The smallest absolute Gasteiger partial charge is 0.173 e. The second-order valence-corrected chi connectivity index (χ2v) is 8.12. The number of halogens is 1. The third kappa shape index (κ3) is 3.94. The summed E-state index contributed by atoms with van der Waals surface area (Å²) in [4.78, 5) is 10.6. The number of anilines is 1. The van der Waals surface area contributed by atoms with Crippen LogP contribution in [0.1, 0.15) is 35.7 Å². The van der Waals surface area contributed by atoms with Crippen molar-refractivity contribution >= 4 is 45.7 Å². The average molecular weight is 399 g/mol. The first-order valence-electron chi connectivity index (χ1n) is 9.28. The van der Waals surface area contributed by atoms with Crippen LogP contribution in [0.4, 0.5) is 5.69 Å². The van der Waals surface area contributed by atoms with Crippen molar-refractivity contribution in [2.24, 2.45) is 0 Å². The molecule has 6 heteroatoms. The molecule has 1 fully saturated rings. The van der Waals surface area contributed by atoms with E-state index in [2.05, 4.69) is 41.2 Å². The number of likely N-dealkylation sites (tertiary alicyclic amines) is 1. The van der Waals surface area contributed by atoms with Crippen molar-refractivity contribution < 1.29 is 0 Å². The molecular formula is C21H23ClN4S. The quantitative estimate of drug-likeness (QED) is 0.566. The van der Waals surface area contributed by atoms with Crippen LogP contribution in [0.15, 0.2) is 36.4 Å². The number of aromatic nitrogens is 2. The molecule has 2 N–H and O–H groups in total. The molecule has 4 nitrogen and oxygen atoms in total. The number of hydrogen-bond acceptors (Lipinski definition) is 2. The van der Waals surface area contributed by atoms with Crippen LogP contribution in [0.3, 0.4) is 0 Å². The number of aryl methyl sites for hydroxylation is 2. The molecule has 2 aromatic carbocycles. The molecule has 0 amide bonds. The Morgan fingerprint density at radius 2 is 1.96 bits per heavy atom. The van der Waals surface area contributed by atoms with Crippen molar-refractivity contribution in [3.8, 4) is 0 Å². The minimum atomic E-state index is 0.358. The normalized spacial score (nSPS) is 17.3. The number of fused-ring (bicyclic) bond motifs is 1. The van der Waals surface area contributed by atoms with E-state index in [1.54, 1.807) is 0 Å². The van der Waals surface area contributed by atoms with E-state index >= 15 is 0 Å². The van der Waals surface area contributed by atoms with Gasteiger partial charge in [-0.25, -0.2) is 4.98 Å². The van der Waals surface area contributed by atoms with Gasteiger partial charge in [-0.3, -0.25) is 0 Å². The molecule has 0 spiro atoms. The molecule has 1 aromatic heterocycles. The number of thiocarbonyl (C=S) groups is 1. The molecule has 0 bridgehead atoms. The molecule has 27 heavy (non-hydrogen) atoms. The van der Waals surface area contributed by atoms with E-state index < -0.39 is 0 Å². The van der Waals surface area contributed by atoms with Gasteiger partial charge < -0.3 is 15.2 Å². The lowest BCUT2D eigenvalue weighted by Crippen LogP contribution is -2.41. The van der Waals surface area contributed by atoms with Crippen molar-refractivity contribution in [1.82, 2.24) is 14.9 Å². The zero-order valence-electron chi connectivity index (χ0n) is 15.6. The third-order valence-corrected chi connectivity index (χ3v) is 5.92. The van der Waals surface area contributed by atoms with E-state index in [4.69, 9.17) is 28.8 Å². The van der Waals surface area contributed by atoms with Crippen LogP contribution in [-0.2, 0) is 0 Å². The lowest BCUT2D eigenvalue weighted by Gasteiger charge is -2.33. The maximum atomic E-state index is 5.96. The van der Waals surface area contributed by atoms with Crippen LogP contribution in [0.2, 0.25) is 5.02 Å². The summed E-state index contributed by atoms with van der Waals surface area (Å²) in [6.45, 7) is 6.11. The predicted octanol–water partition coefficient (Wildman–Crippen LogP) is 5.41. The Morgan fingerprint density at radius 3 is 2.74 bits per heavy atom. The molecule has 4 rings (SSSR count). The Bertz CT molecular complexity index is 941. The van der Waals surface area contributed by atoms with E-state index in [1.165, 1.54) is 11.1 Å². The van der Waals surface area contributed by atoms with Gasteiger partial charge in [-0.05, 0) is 86.4 Å². The van der Waals surface area contributed by atoms with Crippen LogP contribution in [-0.4, -0.2) is 33.1 Å². The first-order chi connectivity index (χ1) is 13.0. The van der Waals surface area contributed by atoms with Gasteiger partial charge in [0.25, 0.3) is 0 Å².